The molecule has 23 nitrogen and oxygen atoms in total. The summed E-state index contributed by atoms with van der Waals surface area (Å²) in [6.07, 6.45) is 3.45. The fraction of sp³-hybridized carbons (Fsp3) is 0.281. The Hall–Kier alpha value is -9.78. The summed E-state index contributed by atoms with van der Waals surface area (Å²) in [7, 11) is 3.25. The number of carbonyl (C=O) groups excluding carboxylic acids is 1. The molecule has 0 spiro atoms. The smallest absolute Gasteiger partial charge is 0.374 e. The quantitative estimate of drug-likeness (QED) is 0.0718. The van der Waals surface area contributed by atoms with Crippen molar-refractivity contribution >= 4 is 77.6 Å². The Labute approximate surface area is 498 Å². The van der Waals surface area contributed by atoms with Crippen LogP contribution in [0.3, 0.4) is 0 Å². The largest absolute Gasteiger partial charge is 0.496 e. The van der Waals surface area contributed by atoms with E-state index >= 15 is 0 Å². The van der Waals surface area contributed by atoms with Crippen molar-refractivity contribution in [3.05, 3.63) is 132 Å². The van der Waals surface area contributed by atoms with E-state index in [0.717, 1.165) is 153 Å². The molecule has 87 heavy (non-hydrogen) atoms. The van der Waals surface area contributed by atoms with E-state index in [1.165, 1.54) is 0 Å². The lowest BCUT2D eigenvalue weighted by Gasteiger charge is -2.26. The number of para-hydroxylation sites is 2. The highest BCUT2D eigenvalue weighted by molar-refractivity contribution is 6.18. The highest BCUT2D eigenvalue weighted by Gasteiger charge is 2.26. The number of carboxylic acids is 1. The molecule has 10 heterocycles. The second kappa shape index (κ2) is 25.0. The monoisotopic (exact) mass is 1170 g/mol. The van der Waals surface area contributed by atoms with Crippen molar-refractivity contribution in [2.24, 2.45) is 5.73 Å². The minimum Gasteiger partial charge on any atom is -0.496 e. The summed E-state index contributed by atoms with van der Waals surface area (Å²) in [5, 5.41) is 25.9. The van der Waals surface area contributed by atoms with Crippen molar-refractivity contribution < 1.29 is 42.7 Å². The first-order valence-corrected chi connectivity index (χ1v) is 28.6. The molecule has 2 aliphatic rings. The number of ether oxygens (including phenoxy) is 4. The molecule has 2 saturated heterocycles. The van der Waals surface area contributed by atoms with Gasteiger partial charge in [0, 0.05) is 120 Å². The molecule has 0 bridgehead atoms. The van der Waals surface area contributed by atoms with Gasteiger partial charge in [-0.2, -0.15) is 0 Å². The molecule has 12 aromatic rings. The first-order valence-electron chi connectivity index (χ1n) is 28.6. The molecule has 2 aliphatic heterocycles. The number of aryl methyl sites for hydroxylation is 4. The van der Waals surface area contributed by atoms with Crippen molar-refractivity contribution in [2.75, 3.05) is 93.0 Å². The number of carboxylic acid groups (broad SMARTS) is 1. The topological polar surface area (TPSA) is 297 Å². The van der Waals surface area contributed by atoms with Gasteiger partial charge < -0.3 is 54.1 Å². The molecule has 2 fully saturated rings. The first kappa shape index (κ1) is 57.6. The summed E-state index contributed by atoms with van der Waals surface area (Å²) in [6, 6.07) is 27.2. The zero-order valence-corrected chi connectivity index (χ0v) is 49.0. The van der Waals surface area contributed by atoms with Crippen molar-refractivity contribution in [1.29, 1.82) is 0 Å². The van der Waals surface area contributed by atoms with E-state index in [2.05, 4.69) is 55.3 Å². The molecule has 6 N–H and O–H groups in total. The third-order valence-corrected chi connectivity index (χ3v) is 15.7. The number of H-pyrrole nitrogens is 2. The number of nitrogens with zero attached hydrogens (tertiary/aromatic N) is 10. The van der Waals surface area contributed by atoms with Crippen molar-refractivity contribution in [3.63, 3.8) is 0 Å². The Bertz CT molecular complexity index is 4490. The van der Waals surface area contributed by atoms with E-state index in [0.29, 0.717) is 70.8 Å². The summed E-state index contributed by atoms with van der Waals surface area (Å²) in [5.41, 5.74) is 17.2. The van der Waals surface area contributed by atoms with Crippen molar-refractivity contribution in [1.82, 2.24) is 65.3 Å². The number of hydrogen-bond acceptors (Lipinski definition) is 19. The van der Waals surface area contributed by atoms with Crippen LogP contribution in [0, 0.1) is 27.7 Å². The Balaban J connectivity index is 0.000000151. The lowest BCUT2D eigenvalue weighted by Crippen LogP contribution is -2.41. The summed E-state index contributed by atoms with van der Waals surface area (Å²) in [6.45, 7) is 17.5. The maximum atomic E-state index is 13.4. The van der Waals surface area contributed by atoms with Crippen molar-refractivity contribution in [3.8, 4) is 56.3 Å². The predicted octanol–water partition coefficient (Wildman–Crippen LogP) is 9.25. The minimum absolute atomic E-state index is 0.0924. The third kappa shape index (κ3) is 11.5. The average Bonchev–Trinajstić information content (AvgIpc) is 2.02. The molecule has 444 valence electrons. The number of carbonyl (C=O) groups is 2. The maximum Gasteiger partial charge on any atom is 0.374 e. The molecular formula is C64H64N14O9. The van der Waals surface area contributed by atoms with Crippen LogP contribution in [-0.4, -0.2) is 170 Å². The summed E-state index contributed by atoms with van der Waals surface area (Å²) in [5.74, 6) is 0.924. The molecule has 14 rings (SSSR count). The Morgan fingerprint density at radius 3 is 1.51 bits per heavy atom. The lowest BCUT2D eigenvalue weighted by atomic mass is 9.99. The third-order valence-electron chi connectivity index (χ3n) is 15.7. The Morgan fingerprint density at radius 1 is 0.598 bits per heavy atom. The van der Waals surface area contributed by atoms with Crippen LogP contribution < -0.4 is 20.5 Å². The fourth-order valence-corrected chi connectivity index (χ4v) is 11.5. The van der Waals surface area contributed by atoms with E-state index in [4.69, 9.17) is 43.7 Å². The van der Waals surface area contributed by atoms with Crippen molar-refractivity contribution in [2.45, 2.75) is 27.7 Å². The predicted molar refractivity (Wildman–Crippen MR) is 330 cm³/mol. The second-order valence-corrected chi connectivity index (χ2v) is 21.1. The number of hydrogen-bond donors (Lipinski definition) is 5. The summed E-state index contributed by atoms with van der Waals surface area (Å²) >= 11 is 0. The molecule has 8 aromatic heterocycles. The van der Waals surface area contributed by atoms with Gasteiger partial charge in [-0.3, -0.25) is 24.6 Å². The van der Waals surface area contributed by atoms with Crippen LogP contribution >= 0.6 is 0 Å². The standard InChI is InChI=1S/C32H31N7O4.C26H19N5O4.C6H14N2O/c1-18-27(19(2)43-38-18)23-16-25-22(17-26(23)41-3)28-29(21-8-9-33-24-7-5-4-6-20(21)24)36-31(37-30(28)35-25)32(40)34-10-11-39-12-14-42-15-13-39;1-12-21(13(2)35-31-12)17-10-19-16(11-20(17)34-3)22-23(29-25(26(32)33)30-24(22)28-19)15-8-9-27-18-7-5-4-6-14(15)18;7-1-2-8-3-5-9-6-4-8/h4-9,16-17H,10-15H2,1-3H3,(H,34,40)(H,35,36,37);4-11H,1-3H3,(H,32,33)(H,28,29,30);1-7H2. The number of morpholine rings is 2. The molecule has 0 atom stereocenters. The van der Waals surface area contributed by atoms with E-state index in [1.54, 1.807) is 26.6 Å². The van der Waals surface area contributed by atoms with Crippen LogP contribution in [0.4, 0.5) is 0 Å². The number of pyridine rings is 2. The van der Waals surface area contributed by atoms with Crippen LogP contribution in [0.25, 0.3) is 110 Å². The van der Waals surface area contributed by atoms with Crippen LogP contribution in [0.1, 0.15) is 44.1 Å². The first-order chi connectivity index (χ1) is 42.4. The van der Waals surface area contributed by atoms with Crippen LogP contribution in [0.15, 0.2) is 106 Å². The number of rotatable bonds is 13. The van der Waals surface area contributed by atoms with Gasteiger partial charge in [0.05, 0.1) is 96.4 Å². The number of amides is 1. The Morgan fingerprint density at radius 2 is 1.06 bits per heavy atom. The molecule has 4 aromatic carbocycles. The van der Waals surface area contributed by atoms with Crippen LogP contribution in [-0.2, 0) is 9.47 Å². The number of aromatic nitrogens is 10. The summed E-state index contributed by atoms with van der Waals surface area (Å²) < 4.78 is 33.0. The highest BCUT2D eigenvalue weighted by atomic mass is 16.5. The van der Waals surface area contributed by atoms with E-state index in [-0.39, 0.29) is 17.6 Å². The molecule has 0 radical (unpaired) electrons. The number of fused-ring (bicyclic) bond motifs is 8. The van der Waals surface area contributed by atoms with Crippen LogP contribution in [0.2, 0.25) is 0 Å². The van der Waals surface area contributed by atoms with E-state index < -0.39 is 5.97 Å². The zero-order chi connectivity index (χ0) is 60.3. The van der Waals surface area contributed by atoms with E-state index in [1.807, 2.05) is 113 Å². The number of aromatic carboxylic acids is 1. The molecular weight excluding hydrogens is 1110 g/mol. The number of nitrogens with two attached hydrogens (primary N) is 1. The van der Waals surface area contributed by atoms with Gasteiger partial charge in [-0.15, -0.1) is 0 Å². The molecule has 1 amide bonds. The van der Waals surface area contributed by atoms with Gasteiger partial charge in [0.1, 0.15) is 34.3 Å². The second-order valence-electron chi connectivity index (χ2n) is 21.1. The average molecular weight is 1170 g/mol. The van der Waals surface area contributed by atoms with Crippen LogP contribution in [0.5, 0.6) is 11.5 Å². The van der Waals surface area contributed by atoms with E-state index in [9.17, 15) is 14.7 Å². The fourth-order valence-electron chi connectivity index (χ4n) is 11.5. The SMILES string of the molecule is COc1cc2c(cc1-c1c(C)noc1C)[nH]c1nc(C(=O)NCCN3CCOCC3)nc(-c3ccnc4ccccc34)c12.COc1cc2c(cc1-c1c(C)noc1C)[nH]c1nc(C(=O)O)nc(-c3ccnc4ccccc34)c12.NCCN1CCOCC1. The zero-order valence-electron chi connectivity index (χ0n) is 49.0. The lowest BCUT2D eigenvalue weighted by molar-refractivity contribution is 0.0383. The normalized spacial score (nSPS) is 13.9. The summed E-state index contributed by atoms with van der Waals surface area (Å²) in [4.78, 5) is 64.1. The van der Waals surface area contributed by atoms with Gasteiger partial charge in [-0.25, -0.2) is 24.7 Å². The molecule has 23 heteroatoms. The van der Waals surface area contributed by atoms with Gasteiger partial charge in [0.2, 0.25) is 11.6 Å². The number of methoxy groups -OCH3 is 2. The molecule has 0 saturated carbocycles. The minimum atomic E-state index is -1.21. The van der Waals surface area contributed by atoms with Gasteiger partial charge in [0.15, 0.2) is 0 Å². The molecule has 0 aliphatic carbocycles. The number of aromatic amines is 2. The maximum absolute atomic E-state index is 13.4. The highest BCUT2D eigenvalue weighted by Crippen LogP contribution is 2.44. The van der Waals surface area contributed by atoms with Gasteiger partial charge in [0.25, 0.3) is 5.91 Å². The van der Waals surface area contributed by atoms with Gasteiger partial charge >= 0.3 is 5.97 Å². The van der Waals surface area contributed by atoms with Gasteiger partial charge in [-0.05, 0) is 76.2 Å². The molecule has 0 unspecified atom stereocenters. The number of nitrogens with one attached hydrogen (secondary N) is 3. The van der Waals surface area contributed by atoms with Gasteiger partial charge in [-0.1, -0.05) is 46.7 Å². The number of benzene rings is 4. The Kier molecular flexibility index (Phi) is 16.6.